The van der Waals surface area contributed by atoms with Crippen molar-refractivity contribution in [3.05, 3.63) is 0 Å². The van der Waals surface area contributed by atoms with Gasteiger partial charge in [-0.3, -0.25) is 0 Å². The van der Waals surface area contributed by atoms with Gasteiger partial charge in [0, 0.05) is 6.61 Å². The van der Waals surface area contributed by atoms with E-state index in [2.05, 4.69) is 19.9 Å². The summed E-state index contributed by atoms with van der Waals surface area (Å²) in [4.78, 5) is 0. The van der Waals surface area contributed by atoms with Gasteiger partial charge in [0.2, 0.25) is 0 Å². The fraction of sp³-hybridized carbons (Fsp3) is 0.966. The number of nitrogens with zero attached hydrogens (tertiary/aromatic N) is 1. The summed E-state index contributed by atoms with van der Waals surface area (Å²) in [5, 5.41) is 10.2. The Labute approximate surface area is 193 Å². The molecule has 0 aliphatic heterocycles. The minimum atomic E-state index is -0.0120. The lowest BCUT2D eigenvalue weighted by Crippen LogP contribution is -2.38. The van der Waals surface area contributed by atoms with Crippen LogP contribution in [-0.2, 0) is 4.74 Å². The smallest absolute Gasteiger partial charge is 0.0692 e. The third-order valence-corrected chi connectivity index (χ3v) is 9.43. The fourth-order valence-corrected chi connectivity index (χ4v) is 7.29. The molecule has 3 saturated carbocycles. The second-order valence-electron chi connectivity index (χ2n) is 11.4. The van der Waals surface area contributed by atoms with Crippen molar-refractivity contribution in [3.63, 3.8) is 0 Å². The third-order valence-electron chi connectivity index (χ3n) is 9.43. The van der Waals surface area contributed by atoms with Crippen molar-refractivity contribution in [2.75, 3.05) is 6.61 Å². The third kappa shape index (κ3) is 7.22. The van der Waals surface area contributed by atoms with Crippen LogP contribution in [0.5, 0.6) is 0 Å². The van der Waals surface area contributed by atoms with Gasteiger partial charge in [0.25, 0.3) is 0 Å². The largest absolute Gasteiger partial charge is 0.378 e. The predicted molar refractivity (Wildman–Crippen MR) is 131 cm³/mol. The summed E-state index contributed by atoms with van der Waals surface area (Å²) in [5.41, 5.74) is -0.0120. The minimum absolute atomic E-state index is 0.0120. The van der Waals surface area contributed by atoms with Crippen LogP contribution >= 0.6 is 0 Å². The summed E-state index contributed by atoms with van der Waals surface area (Å²) in [6, 6.07) is 2.87. The number of ether oxygens (including phenoxy) is 1. The molecule has 0 saturated heterocycles. The van der Waals surface area contributed by atoms with E-state index in [0.717, 1.165) is 30.8 Å². The Morgan fingerprint density at radius 2 is 1.39 bits per heavy atom. The molecule has 2 nitrogen and oxygen atoms in total. The van der Waals surface area contributed by atoms with Crippen molar-refractivity contribution < 1.29 is 4.74 Å². The van der Waals surface area contributed by atoms with Gasteiger partial charge in [0.15, 0.2) is 0 Å². The van der Waals surface area contributed by atoms with Gasteiger partial charge in [0.05, 0.1) is 17.6 Å². The SMILES string of the molecule is CCCCCCCC1CCC([C@H]2CC[C@](C#N)(C3CCC(OCCC)CC3)CC2)CC1. The van der Waals surface area contributed by atoms with Crippen molar-refractivity contribution in [1.29, 1.82) is 5.26 Å². The highest BCUT2D eigenvalue weighted by Gasteiger charge is 2.44. The molecule has 0 amide bonds. The highest BCUT2D eigenvalue weighted by molar-refractivity contribution is 5.06. The minimum Gasteiger partial charge on any atom is -0.378 e. The molecule has 0 heterocycles. The Hall–Kier alpha value is -0.550. The second kappa shape index (κ2) is 13.2. The molecule has 0 aromatic heterocycles. The van der Waals surface area contributed by atoms with E-state index in [0.29, 0.717) is 12.0 Å². The first kappa shape index (κ1) is 25.1. The molecule has 0 aromatic rings. The maximum Gasteiger partial charge on any atom is 0.0692 e. The number of unbranched alkanes of at least 4 members (excludes halogenated alkanes) is 4. The molecule has 0 N–H and O–H groups in total. The van der Waals surface area contributed by atoms with E-state index in [-0.39, 0.29) is 5.41 Å². The van der Waals surface area contributed by atoms with Crippen LogP contribution in [0, 0.1) is 40.4 Å². The fourth-order valence-electron chi connectivity index (χ4n) is 7.29. The Bertz CT molecular complexity index is 513. The van der Waals surface area contributed by atoms with Gasteiger partial charge in [-0.05, 0) is 94.3 Å². The molecule has 3 aliphatic rings. The molecule has 0 spiro atoms. The lowest BCUT2D eigenvalue weighted by Gasteiger charge is -2.45. The molecule has 0 unspecified atom stereocenters. The number of nitriles is 1. The Kier molecular flexibility index (Phi) is 10.7. The van der Waals surface area contributed by atoms with E-state index < -0.39 is 0 Å². The second-order valence-corrected chi connectivity index (χ2v) is 11.4. The first-order chi connectivity index (χ1) is 15.2. The first-order valence-corrected chi connectivity index (χ1v) is 14.2. The average molecular weight is 430 g/mol. The molecular formula is C29H51NO. The zero-order valence-corrected chi connectivity index (χ0v) is 20.9. The van der Waals surface area contributed by atoms with Gasteiger partial charge in [-0.25, -0.2) is 0 Å². The monoisotopic (exact) mass is 429 g/mol. The maximum absolute atomic E-state index is 10.2. The summed E-state index contributed by atoms with van der Waals surface area (Å²) < 4.78 is 6.00. The summed E-state index contributed by atoms with van der Waals surface area (Å²) in [6.07, 6.45) is 25.9. The molecule has 2 heteroatoms. The van der Waals surface area contributed by atoms with Crippen LogP contribution < -0.4 is 0 Å². The molecule has 3 rings (SSSR count). The van der Waals surface area contributed by atoms with E-state index in [4.69, 9.17) is 4.74 Å². The van der Waals surface area contributed by atoms with Crippen LogP contribution in [0.15, 0.2) is 0 Å². The summed E-state index contributed by atoms with van der Waals surface area (Å²) >= 11 is 0. The van der Waals surface area contributed by atoms with Crippen molar-refractivity contribution >= 4 is 0 Å². The molecule has 0 radical (unpaired) electrons. The van der Waals surface area contributed by atoms with Crippen LogP contribution in [0.2, 0.25) is 0 Å². The van der Waals surface area contributed by atoms with Crippen molar-refractivity contribution in [1.82, 2.24) is 0 Å². The zero-order chi connectivity index (χ0) is 21.9. The maximum atomic E-state index is 10.2. The van der Waals surface area contributed by atoms with Crippen molar-refractivity contribution in [2.24, 2.45) is 29.1 Å². The topological polar surface area (TPSA) is 33.0 Å². The quantitative estimate of drug-likeness (QED) is 0.307. The standard InChI is InChI=1S/C29H51NO/c1-3-5-6-7-8-9-24-10-12-25(13-11-24)26-18-20-29(23-30,21-19-26)27-14-16-28(17-15-27)31-22-4-2/h24-28H,3-22H2,1-2H3/t24?,25?,26-,27?,28?,29-. The lowest BCUT2D eigenvalue weighted by atomic mass is 9.58. The highest BCUT2D eigenvalue weighted by Crippen LogP contribution is 2.52. The molecular weight excluding hydrogens is 378 g/mol. The molecule has 178 valence electrons. The van der Waals surface area contributed by atoms with E-state index >= 15 is 0 Å². The van der Waals surface area contributed by atoms with Crippen LogP contribution in [0.3, 0.4) is 0 Å². The molecule has 0 bridgehead atoms. The van der Waals surface area contributed by atoms with Gasteiger partial charge in [-0.15, -0.1) is 0 Å². The van der Waals surface area contributed by atoms with Crippen LogP contribution in [0.4, 0.5) is 0 Å². The van der Waals surface area contributed by atoms with Crippen LogP contribution in [-0.4, -0.2) is 12.7 Å². The van der Waals surface area contributed by atoms with E-state index in [1.165, 1.54) is 116 Å². The summed E-state index contributed by atoms with van der Waals surface area (Å²) in [6.45, 7) is 5.40. The Balaban J connectivity index is 1.37. The predicted octanol–water partition coefficient (Wildman–Crippen LogP) is 8.84. The first-order valence-electron chi connectivity index (χ1n) is 14.2. The Morgan fingerprint density at radius 3 is 2.00 bits per heavy atom. The van der Waals surface area contributed by atoms with Gasteiger partial charge in [-0.2, -0.15) is 5.26 Å². The molecule has 3 aliphatic carbocycles. The van der Waals surface area contributed by atoms with E-state index in [1.807, 2.05) is 0 Å². The summed E-state index contributed by atoms with van der Waals surface area (Å²) in [5.74, 6) is 3.52. The Morgan fingerprint density at radius 1 is 0.742 bits per heavy atom. The summed E-state index contributed by atoms with van der Waals surface area (Å²) in [7, 11) is 0. The van der Waals surface area contributed by atoms with Gasteiger partial charge in [-0.1, -0.05) is 65.2 Å². The highest BCUT2D eigenvalue weighted by atomic mass is 16.5. The molecule has 31 heavy (non-hydrogen) atoms. The molecule has 3 fully saturated rings. The zero-order valence-electron chi connectivity index (χ0n) is 20.9. The lowest BCUT2D eigenvalue weighted by molar-refractivity contribution is -0.00696. The van der Waals surface area contributed by atoms with E-state index in [9.17, 15) is 5.26 Å². The van der Waals surface area contributed by atoms with Gasteiger partial charge in [0.1, 0.15) is 0 Å². The molecule has 0 aromatic carbocycles. The number of hydrogen-bond acceptors (Lipinski definition) is 2. The van der Waals surface area contributed by atoms with Crippen molar-refractivity contribution in [2.45, 2.75) is 142 Å². The van der Waals surface area contributed by atoms with Gasteiger partial charge >= 0.3 is 0 Å². The number of rotatable bonds is 11. The number of hydrogen-bond donors (Lipinski definition) is 0. The normalized spacial score (nSPS) is 36.7. The van der Waals surface area contributed by atoms with Crippen LogP contribution in [0.25, 0.3) is 0 Å². The van der Waals surface area contributed by atoms with Crippen LogP contribution in [0.1, 0.15) is 136 Å². The van der Waals surface area contributed by atoms with Gasteiger partial charge < -0.3 is 4.74 Å². The van der Waals surface area contributed by atoms with Crippen molar-refractivity contribution in [3.8, 4) is 6.07 Å². The molecule has 0 atom stereocenters. The average Bonchev–Trinajstić information content (AvgIpc) is 2.83. The van der Waals surface area contributed by atoms with E-state index in [1.54, 1.807) is 0 Å².